The van der Waals surface area contributed by atoms with Crippen LogP contribution in [-0.4, -0.2) is 57.9 Å². The molecule has 34 heavy (non-hydrogen) atoms. The number of esters is 1. The van der Waals surface area contributed by atoms with Gasteiger partial charge in [-0.3, -0.25) is 13.7 Å². The molecule has 0 fully saturated rings. The van der Waals surface area contributed by atoms with Crippen molar-refractivity contribution in [2.75, 3.05) is 33.0 Å². The van der Waals surface area contributed by atoms with Crippen LogP contribution >= 0.6 is 0 Å². The molecule has 0 N–H and O–H groups in total. The maximum absolute atomic E-state index is 13.3. The summed E-state index contributed by atoms with van der Waals surface area (Å²) in [5.74, 6) is -0.164. The molecular weight excluding hydrogens is 467 g/mol. The minimum absolute atomic E-state index is 0.130. The number of alkyl halides is 3. The molecule has 0 aliphatic carbocycles. The van der Waals surface area contributed by atoms with Crippen LogP contribution in [0.1, 0.15) is 12.6 Å². The average molecular weight is 494 g/mol. The summed E-state index contributed by atoms with van der Waals surface area (Å²) in [6, 6.07) is 15.1. The number of likely N-dealkylation sites (N-methyl/N-ethyl adjacent to an activating group) is 1. The minimum Gasteiger partial charge on any atom is -0.463 e. The number of hydrogen-bond donors (Lipinski definition) is 0. The summed E-state index contributed by atoms with van der Waals surface area (Å²) in [6.45, 7) is 2.03. The molecule has 1 atom stereocenters. The van der Waals surface area contributed by atoms with Crippen LogP contribution < -0.4 is 0 Å². The van der Waals surface area contributed by atoms with Crippen molar-refractivity contribution in [2.45, 2.75) is 24.5 Å². The van der Waals surface area contributed by atoms with Crippen LogP contribution in [0, 0.1) is 0 Å². The third-order valence-corrected chi connectivity index (χ3v) is 6.33. The zero-order chi connectivity index (χ0) is 24.9. The van der Waals surface area contributed by atoms with Gasteiger partial charge in [0.05, 0.1) is 16.5 Å². The van der Waals surface area contributed by atoms with Gasteiger partial charge in [-0.25, -0.2) is 0 Å². The molecule has 0 radical (unpaired) electrons. The van der Waals surface area contributed by atoms with Crippen molar-refractivity contribution in [3.05, 3.63) is 60.3 Å². The van der Waals surface area contributed by atoms with Gasteiger partial charge >= 0.3 is 12.1 Å². The van der Waals surface area contributed by atoms with E-state index in [0.29, 0.717) is 22.8 Å². The fourth-order valence-corrected chi connectivity index (χ4v) is 4.06. The van der Waals surface area contributed by atoms with Crippen molar-refractivity contribution in [1.82, 2.24) is 14.7 Å². The molecular formula is C24H26F3N3O3S. The number of ether oxygens (including phenoxy) is 1. The number of benzene rings is 2. The van der Waals surface area contributed by atoms with Gasteiger partial charge in [0.25, 0.3) is 0 Å². The highest BCUT2D eigenvalue weighted by Gasteiger charge is 2.35. The van der Waals surface area contributed by atoms with Crippen LogP contribution in [0.25, 0.3) is 22.4 Å². The summed E-state index contributed by atoms with van der Waals surface area (Å²) >= 11 is 0. The van der Waals surface area contributed by atoms with E-state index in [2.05, 4.69) is 5.10 Å². The highest BCUT2D eigenvalue weighted by molar-refractivity contribution is 7.85. The Morgan fingerprint density at radius 1 is 1.06 bits per heavy atom. The summed E-state index contributed by atoms with van der Waals surface area (Å²) < 4.78 is 58.2. The smallest absolute Gasteiger partial charge is 0.435 e. The zero-order valence-corrected chi connectivity index (χ0v) is 19.9. The normalized spacial score (nSPS) is 12.7. The van der Waals surface area contributed by atoms with Crippen LogP contribution in [0.5, 0.6) is 0 Å². The lowest BCUT2D eigenvalue weighted by molar-refractivity contribution is -0.146. The predicted molar refractivity (Wildman–Crippen MR) is 125 cm³/mol. The minimum atomic E-state index is -4.65. The Balaban J connectivity index is 1.87. The standard InChI is InChI=1S/C24H26F3N3O3S/c1-4-34(32)20-7-5-6-19(14-20)17-8-10-18(11-9-17)21-15-22(24(25,26)27)28-30(21)16-23(31)33-13-12-29(2)3/h5-11,14-15H,4,12-13,16H2,1-3H3. The van der Waals surface area contributed by atoms with Crippen molar-refractivity contribution in [2.24, 2.45) is 0 Å². The van der Waals surface area contributed by atoms with E-state index in [9.17, 15) is 22.2 Å². The maximum Gasteiger partial charge on any atom is 0.435 e. The molecule has 0 saturated heterocycles. The summed E-state index contributed by atoms with van der Waals surface area (Å²) in [6.07, 6.45) is -4.65. The predicted octanol–water partition coefficient (Wildman–Crippen LogP) is 4.47. The number of aromatic nitrogens is 2. The molecule has 10 heteroatoms. The topological polar surface area (TPSA) is 64.4 Å². The number of halogens is 3. The van der Waals surface area contributed by atoms with Crippen molar-refractivity contribution >= 4 is 16.8 Å². The van der Waals surface area contributed by atoms with Crippen molar-refractivity contribution in [3.63, 3.8) is 0 Å². The highest BCUT2D eigenvalue weighted by atomic mass is 32.2. The molecule has 0 aliphatic rings. The van der Waals surface area contributed by atoms with Crippen molar-refractivity contribution in [3.8, 4) is 22.4 Å². The largest absolute Gasteiger partial charge is 0.463 e. The van der Waals surface area contributed by atoms with Gasteiger partial charge in [-0.2, -0.15) is 18.3 Å². The molecule has 182 valence electrons. The van der Waals surface area contributed by atoms with Crippen molar-refractivity contribution < 1.29 is 26.9 Å². The van der Waals surface area contributed by atoms with Gasteiger partial charge in [-0.05, 0) is 49.0 Å². The van der Waals surface area contributed by atoms with E-state index in [0.717, 1.165) is 21.9 Å². The first-order valence-corrected chi connectivity index (χ1v) is 11.9. The first-order chi connectivity index (χ1) is 16.1. The highest BCUT2D eigenvalue weighted by Crippen LogP contribution is 2.33. The number of carbonyl (C=O) groups excluding carboxylic acids is 1. The Morgan fingerprint density at radius 3 is 2.35 bits per heavy atom. The second-order valence-electron chi connectivity index (χ2n) is 7.83. The Morgan fingerprint density at radius 2 is 1.74 bits per heavy atom. The molecule has 1 heterocycles. The first-order valence-electron chi connectivity index (χ1n) is 10.6. The van der Waals surface area contributed by atoms with E-state index in [4.69, 9.17) is 4.74 Å². The molecule has 1 unspecified atom stereocenters. The van der Waals surface area contributed by atoms with Gasteiger partial charge in [0.15, 0.2) is 5.69 Å². The molecule has 0 amide bonds. The Labute approximate surface area is 198 Å². The molecule has 2 aromatic carbocycles. The first kappa shape index (κ1) is 25.6. The summed E-state index contributed by atoms with van der Waals surface area (Å²) in [5, 5.41) is 3.61. The fourth-order valence-electron chi connectivity index (χ4n) is 3.24. The summed E-state index contributed by atoms with van der Waals surface area (Å²) in [4.78, 5) is 14.7. The van der Waals surface area contributed by atoms with E-state index in [-0.39, 0.29) is 12.3 Å². The lowest BCUT2D eigenvalue weighted by Gasteiger charge is -2.11. The lowest BCUT2D eigenvalue weighted by atomic mass is 10.0. The molecule has 3 rings (SSSR count). The maximum atomic E-state index is 13.3. The average Bonchev–Trinajstić information content (AvgIpc) is 3.22. The van der Waals surface area contributed by atoms with Crippen LogP contribution in [0.15, 0.2) is 59.5 Å². The second kappa shape index (κ2) is 11.0. The Hall–Kier alpha value is -2.98. The van der Waals surface area contributed by atoms with Crippen LogP contribution in [0.3, 0.4) is 0 Å². The molecule has 6 nitrogen and oxygen atoms in total. The molecule has 0 aliphatic heterocycles. The Kier molecular flexibility index (Phi) is 8.27. The third-order valence-electron chi connectivity index (χ3n) is 5.02. The van der Waals surface area contributed by atoms with E-state index < -0.39 is 35.2 Å². The number of hydrogen-bond acceptors (Lipinski definition) is 5. The van der Waals surface area contributed by atoms with Crippen molar-refractivity contribution in [1.29, 1.82) is 0 Å². The number of rotatable bonds is 9. The quantitative estimate of drug-likeness (QED) is 0.412. The monoisotopic (exact) mass is 493 g/mol. The van der Waals surface area contributed by atoms with E-state index in [1.807, 2.05) is 44.1 Å². The van der Waals surface area contributed by atoms with Gasteiger partial charge in [0, 0.05) is 17.2 Å². The van der Waals surface area contributed by atoms with E-state index in [1.54, 1.807) is 30.3 Å². The molecule has 1 aromatic heterocycles. The molecule has 0 spiro atoms. The van der Waals surface area contributed by atoms with Crippen LogP contribution in [0.2, 0.25) is 0 Å². The van der Waals surface area contributed by atoms with Gasteiger partial charge in [-0.15, -0.1) is 0 Å². The molecule has 0 bridgehead atoms. The second-order valence-corrected chi connectivity index (χ2v) is 9.57. The Bertz CT molecular complexity index is 1160. The van der Waals surface area contributed by atoms with Gasteiger partial charge in [-0.1, -0.05) is 43.3 Å². The number of nitrogens with zero attached hydrogens (tertiary/aromatic N) is 3. The van der Waals surface area contributed by atoms with Gasteiger partial charge in [0.1, 0.15) is 13.2 Å². The van der Waals surface area contributed by atoms with Gasteiger partial charge < -0.3 is 9.64 Å². The van der Waals surface area contributed by atoms with Crippen LogP contribution in [-0.2, 0) is 33.1 Å². The molecule has 3 aromatic rings. The number of carbonyl (C=O) groups is 1. The van der Waals surface area contributed by atoms with E-state index in [1.165, 1.54) is 0 Å². The summed E-state index contributed by atoms with van der Waals surface area (Å²) in [5.41, 5.74) is 1.22. The molecule has 0 saturated carbocycles. The van der Waals surface area contributed by atoms with E-state index >= 15 is 0 Å². The lowest BCUT2D eigenvalue weighted by Crippen LogP contribution is -2.22. The summed E-state index contributed by atoms with van der Waals surface area (Å²) in [7, 11) is 2.54. The van der Waals surface area contributed by atoms with Crippen LogP contribution in [0.4, 0.5) is 13.2 Å². The van der Waals surface area contributed by atoms with Gasteiger partial charge in [0.2, 0.25) is 0 Å². The SMILES string of the molecule is CCS(=O)c1cccc(-c2ccc(-c3cc(C(F)(F)F)nn3CC(=O)OCCN(C)C)cc2)c1. The zero-order valence-electron chi connectivity index (χ0n) is 19.1. The third kappa shape index (κ3) is 6.54. The fraction of sp³-hybridized carbons (Fsp3) is 0.333.